The zero-order valence-electron chi connectivity index (χ0n) is 16.3. The minimum absolute atomic E-state index is 0.582. The zero-order chi connectivity index (χ0) is 19.6. The minimum Gasteiger partial charge on any atom is -0.497 e. The second kappa shape index (κ2) is 10.5. The number of aromatic nitrogens is 1. The lowest BCUT2D eigenvalue weighted by molar-refractivity contribution is 0.414. The van der Waals surface area contributed by atoms with E-state index in [2.05, 4.69) is 22.5 Å². The highest BCUT2D eigenvalue weighted by Crippen LogP contribution is 2.13. The fraction of sp³-hybridized carbons (Fsp3) is 0.333. The summed E-state index contributed by atoms with van der Waals surface area (Å²) >= 11 is 1.73. The third-order valence-corrected chi connectivity index (χ3v) is 5.32. The van der Waals surface area contributed by atoms with Crippen LogP contribution in [0, 0.1) is 0 Å². The number of aryl methyl sites for hydroxylation is 1. The van der Waals surface area contributed by atoms with Gasteiger partial charge in [-0.3, -0.25) is 0 Å². The van der Waals surface area contributed by atoms with Gasteiger partial charge in [0.15, 0.2) is 5.96 Å². The maximum atomic E-state index is 5.39. The van der Waals surface area contributed by atoms with Gasteiger partial charge in [-0.15, -0.1) is 11.3 Å². The Balaban J connectivity index is 1.59. The average Bonchev–Trinajstić information content (AvgIpc) is 3.42. The van der Waals surface area contributed by atoms with Crippen molar-refractivity contribution in [2.24, 2.45) is 4.99 Å². The summed E-state index contributed by atoms with van der Waals surface area (Å²) < 4.78 is 10.6. The lowest BCUT2D eigenvalue weighted by atomic mass is 10.2. The number of thiazole rings is 1. The predicted octanol–water partition coefficient (Wildman–Crippen LogP) is 3.79. The molecule has 7 heteroatoms. The maximum Gasteiger partial charge on any atom is 0.191 e. The largest absolute Gasteiger partial charge is 0.497 e. The summed E-state index contributed by atoms with van der Waals surface area (Å²) in [6, 6.07) is 11.8. The van der Waals surface area contributed by atoms with Crippen molar-refractivity contribution in [1.82, 2.24) is 15.6 Å². The van der Waals surface area contributed by atoms with Crippen LogP contribution in [0.4, 0.5) is 0 Å². The van der Waals surface area contributed by atoms with Crippen molar-refractivity contribution in [3.63, 3.8) is 0 Å². The smallest absolute Gasteiger partial charge is 0.191 e. The summed E-state index contributed by atoms with van der Waals surface area (Å²) in [5.41, 5.74) is 1.12. The van der Waals surface area contributed by atoms with E-state index in [0.29, 0.717) is 13.1 Å². The van der Waals surface area contributed by atoms with Crippen LogP contribution in [0.2, 0.25) is 0 Å². The molecule has 2 heterocycles. The van der Waals surface area contributed by atoms with Crippen LogP contribution in [-0.2, 0) is 25.9 Å². The van der Waals surface area contributed by atoms with Crippen LogP contribution in [0.15, 0.2) is 58.3 Å². The van der Waals surface area contributed by atoms with E-state index >= 15 is 0 Å². The molecule has 0 aliphatic rings. The van der Waals surface area contributed by atoms with Gasteiger partial charge in [0.25, 0.3) is 0 Å². The molecule has 0 atom stereocenters. The van der Waals surface area contributed by atoms with Gasteiger partial charge in [-0.05, 0) is 36.2 Å². The molecule has 0 aliphatic heterocycles. The zero-order valence-corrected chi connectivity index (χ0v) is 17.1. The molecule has 0 aliphatic carbocycles. The molecule has 3 rings (SSSR count). The molecule has 0 amide bonds. The average molecular weight is 399 g/mol. The summed E-state index contributed by atoms with van der Waals surface area (Å²) in [5, 5.41) is 7.81. The van der Waals surface area contributed by atoms with Crippen LogP contribution in [-0.4, -0.2) is 24.6 Å². The normalized spacial score (nSPS) is 11.4. The quantitative estimate of drug-likeness (QED) is 0.424. The highest BCUT2D eigenvalue weighted by Gasteiger charge is 2.04. The number of guanidine groups is 1. The first-order valence-corrected chi connectivity index (χ1v) is 10.2. The van der Waals surface area contributed by atoms with Crippen molar-refractivity contribution in [3.8, 4) is 5.75 Å². The van der Waals surface area contributed by atoms with E-state index in [1.165, 1.54) is 4.88 Å². The van der Waals surface area contributed by atoms with Gasteiger partial charge in [-0.1, -0.05) is 19.1 Å². The van der Waals surface area contributed by atoms with Crippen LogP contribution in [0.1, 0.15) is 28.1 Å². The summed E-state index contributed by atoms with van der Waals surface area (Å²) in [7, 11) is 1.67. The Morgan fingerprint density at radius 2 is 2.07 bits per heavy atom. The van der Waals surface area contributed by atoms with Gasteiger partial charge < -0.3 is 19.8 Å². The number of hydrogen-bond acceptors (Lipinski definition) is 5. The molecule has 2 N–H and O–H groups in total. The summed E-state index contributed by atoms with van der Waals surface area (Å²) in [6.07, 6.45) is 5.45. The Bertz CT molecular complexity index is 857. The number of hydrogen-bond donors (Lipinski definition) is 2. The Labute approximate surface area is 169 Å². The number of nitrogens with zero attached hydrogens (tertiary/aromatic N) is 2. The molecule has 1 aromatic carbocycles. The van der Waals surface area contributed by atoms with Crippen molar-refractivity contribution >= 4 is 17.3 Å². The highest BCUT2D eigenvalue weighted by atomic mass is 32.1. The fourth-order valence-electron chi connectivity index (χ4n) is 2.59. The molecule has 2 aromatic heterocycles. The molecule has 148 valence electrons. The summed E-state index contributed by atoms with van der Waals surface area (Å²) in [5.74, 6) is 2.56. The topological polar surface area (TPSA) is 71.7 Å². The van der Waals surface area contributed by atoms with Gasteiger partial charge in [0, 0.05) is 24.0 Å². The molecule has 0 fully saturated rings. The SMILES string of the molecule is CCc1cnc(CNC(=NCc2ccc(OC)cc2)NCCc2ccco2)s1. The van der Waals surface area contributed by atoms with E-state index in [9.17, 15) is 0 Å². The number of nitrogens with one attached hydrogen (secondary N) is 2. The Morgan fingerprint density at radius 3 is 2.75 bits per heavy atom. The molecule has 6 nitrogen and oxygen atoms in total. The third-order valence-electron chi connectivity index (χ3n) is 4.18. The van der Waals surface area contributed by atoms with Gasteiger partial charge in [0.2, 0.25) is 0 Å². The van der Waals surface area contributed by atoms with Crippen molar-refractivity contribution < 1.29 is 9.15 Å². The number of methoxy groups -OCH3 is 1. The molecule has 0 unspecified atom stereocenters. The second-order valence-corrected chi connectivity index (χ2v) is 7.40. The van der Waals surface area contributed by atoms with Crippen molar-refractivity contribution in [1.29, 1.82) is 0 Å². The fourth-order valence-corrected chi connectivity index (χ4v) is 3.39. The van der Waals surface area contributed by atoms with Gasteiger partial charge in [-0.25, -0.2) is 9.98 Å². The van der Waals surface area contributed by atoms with E-state index in [0.717, 1.165) is 47.4 Å². The van der Waals surface area contributed by atoms with E-state index in [-0.39, 0.29) is 0 Å². The number of ether oxygens (including phenoxy) is 1. The molecule has 3 aromatic rings. The summed E-state index contributed by atoms with van der Waals surface area (Å²) in [4.78, 5) is 10.5. The molecule has 0 radical (unpaired) electrons. The van der Waals surface area contributed by atoms with Crippen LogP contribution >= 0.6 is 11.3 Å². The van der Waals surface area contributed by atoms with Crippen LogP contribution in [0.3, 0.4) is 0 Å². The van der Waals surface area contributed by atoms with E-state index in [1.807, 2.05) is 42.6 Å². The molecule has 28 heavy (non-hydrogen) atoms. The van der Waals surface area contributed by atoms with Crippen molar-refractivity contribution in [3.05, 3.63) is 70.1 Å². The van der Waals surface area contributed by atoms with Gasteiger partial charge in [0.1, 0.15) is 16.5 Å². The lowest BCUT2D eigenvalue weighted by Gasteiger charge is -2.11. The monoisotopic (exact) mass is 398 g/mol. The minimum atomic E-state index is 0.582. The molecule has 0 bridgehead atoms. The standard InChI is InChI=1S/C21H26N4O2S/c1-3-19-14-23-20(28-19)15-25-21(22-11-10-18-5-4-12-27-18)24-13-16-6-8-17(26-2)9-7-16/h4-9,12,14H,3,10-11,13,15H2,1-2H3,(H2,22,24,25). The van der Waals surface area contributed by atoms with Crippen molar-refractivity contribution in [2.45, 2.75) is 32.9 Å². The molecule has 0 spiro atoms. The highest BCUT2D eigenvalue weighted by molar-refractivity contribution is 7.11. The Kier molecular flexibility index (Phi) is 7.49. The maximum absolute atomic E-state index is 5.39. The van der Waals surface area contributed by atoms with Crippen molar-refractivity contribution in [2.75, 3.05) is 13.7 Å². The van der Waals surface area contributed by atoms with Crippen LogP contribution < -0.4 is 15.4 Å². The van der Waals surface area contributed by atoms with E-state index in [4.69, 9.17) is 14.1 Å². The van der Waals surface area contributed by atoms with E-state index in [1.54, 1.807) is 24.7 Å². The van der Waals surface area contributed by atoms with Crippen LogP contribution in [0.25, 0.3) is 0 Å². The predicted molar refractivity (Wildman–Crippen MR) is 113 cm³/mol. The van der Waals surface area contributed by atoms with E-state index < -0.39 is 0 Å². The lowest BCUT2D eigenvalue weighted by Crippen LogP contribution is -2.38. The Morgan fingerprint density at radius 1 is 1.21 bits per heavy atom. The number of benzene rings is 1. The molecule has 0 saturated heterocycles. The first-order chi connectivity index (χ1) is 13.8. The first-order valence-electron chi connectivity index (χ1n) is 9.38. The molecule has 0 saturated carbocycles. The second-order valence-electron chi connectivity index (χ2n) is 6.20. The summed E-state index contributed by atoms with van der Waals surface area (Å²) in [6.45, 7) is 4.11. The van der Waals surface area contributed by atoms with Gasteiger partial charge >= 0.3 is 0 Å². The third kappa shape index (κ3) is 6.13. The Hall–Kier alpha value is -2.80. The number of aliphatic imine (C=N–C) groups is 1. The van der Waals surface area contributed by atoms with Gasteiger partial charge in [0.05, 0.1) is 26.5 Å². The first kappa shape index (κ1) is 19.9. The molecular formula is C21H26N4O2S. The number of rotatable bonds is 9. The van der Waals surface area contributed by atoms with Crippen LogP contribution in [0.5, 0.6) is 5.75 Å². The van der Waals surface area contributed by atoms with Gasteiger partial charge in [-0.2, -0.15) is 0 Å². The number of furan rings is 1. The molecular weight excluding hydrogens is 372 g/mol.